The van der Waals surface area contributed by atoms with Crippen LogP contribution in [-0.4, -0.2) is 72.3 Å². The lowest BCUT2D eigenvalue weighted by molar-refractivity contribution is -0.137. The molecule has 1 aliphatic rings. The number of carbonyl (C=O) groups excluding carboxylic acids is 2. The van der Waals surface area contributed by atoms with Gasteiger partial charge in [-0.05, 0) is 44.1 Å². The van der Waals surface area contributed by atoms with Gasteiger partial charge in [-0.25, -0.2) is 8.42 Å². The van der Waals surface area contributed by atoms with Crippen LogP contribution in [0.25, 0.3) is 0 Å². The van der Waals surface area contributed by atoms with E-state index in [-0.39, 0.29) is 36.1 Å². The van der Waals surface area contributed by atoms with Gasteiger partial charge in [0.1, 0.15) is 0 Å². The molecule has 1 heterocycles. The second-order valence-electron chi connectivity index (χ2n) is 10.3. The summed E-state index contributed by atoms with van der Waals surface area (Å²) in [6, 6.07) is 8.06. The van der Waals surface area contributed by atoms with Gasteiger partial charge in [-0.3, -0.25) is 9.59 Å². The molecule has 1 fully saturated rings. The summed E-state index contributed by atoms with van der Waals surface area (Å²) in [7, 11) is -3.49. The molecule has 192 valence electrons. The van der Waals surface area contributed by atoms with Crippen LogP contribution in [0.2, 0.25) is 0 Å². The summed E-state index contributed by atoms with van der Waals surface area (Å²) in [5, 5.41) is 0. The van der Waals surface area contributed by atoms with Crippen molar-refractivity contribution < 1.29 is 18.0 Å². The van der Waals surface area contributed by atoms with E-state index in [2.05, 4.69) is 0 Å². The molecule has 1 saturated heterocycles. The van der Waals surface area contributed by atoms with E-state index in [0.717, 1.165) is 11.1 Å². The molecule has 0 radical (unpaired) electrons. The quantitative estimate of drug-likeness (QED) is 0.471. The van der Waals surface area contributed by atoms with Crippen LogP contribution in [0.1, 0.15) is 65.0 Å². The first-order valence-corrected chi connectivity index (χ1v) is 14.1. The van der Waals surface area contributed by atoms with E-state index in [0.29, 0.717) is 51.4 Å². The van der Waals surface area contributed by atoms with Gasteiger partial charge in [0, 0.05) is 38.6 Å². The molecule has 0 unspecified atom stereocenters. The van der Waals surface area contributed by atoms with Crippen LogP contribution < -0.4 is 0 Å². The highest BCUT2D eigenvalue weighted by Gasteiger charge is 2.32. The molecule has 0 bridgehead atoms. The Hall–Kier alpha value is -1.93. The molecule has 1 aliphatic heterocycles. The number of hydrogen-bond acceptors (Lipinski definition) is 4. The van der Waals surface area contributed by atoms with E-state index < -0.39 is 10.0 Å². The number of carbonyl (C=O) groups is 2. The molecule has 2 rings (SSSR count). The summed E-state index contributed by atoms with van der Waals surface area (Å²) in [5.41, 5.74) is 2.17. The van der Waals surface area contributed by atoms with Crippen molar-refractivity contribution in [3.05, 3.63) is 35.4 Å². The molecule has 0 spiro atoms. The zero-order chi connectivity index (χ0) is 25.5. The van der Waals surface area contributed by atoms with Crippen LogP contribution in [0.15, 0.2) is 24.3 Å². The Morgan fingerprint density at radius 3 is 2.12 bits per heavy atom. The molecule has 34 heavy (non-hydrogen) atoms. The molecular formula is C26H43N3O4S. The number of likely N-dealkylation sites (tertiary alicyclic amines) is 1. The zero-order valence-electron chi connectivity index (χ0n) is 21.8. The third kappa shape index (κ3) is 8.38. The average molecular weight is 494 g/mol. The molecule has 1 aromatic rings. The van der Waals surface area contributed by atoms with Gasteiger partial charge in [-0.1, -0.05) is 57.5 Å². The van der Waals surface area contributed by atoms with Crippen molar-refractivity contribution in [1.29, 1.82) is 0 Å². The second-order valence-corrected chi connectivity index (χ2v) is 12.6. The summed E-state index contributed by atoms with van der Waals surface area (Å²) in [4.78, 5) is 29.8. The standard InChI is InChI=1S/C26H43N3O4S/c1-7-34(32,33)28(17-21(4)5)19-26(31)29(18-23-10-8-22(6)9-11-23)24-12-14-27(15-13-24)25(30)16-20(2)3/h8-11,20-21,24H,7,12-19H2,1-6H3. The summed E-state index contributed by atoms with van der Waals surface area (Å²) >= 11 is 0. The monoisotopic (exact) mass is 493 g/mol. The minimum absolute atomic E-state index is 0.0258. The maximum absolute atomic E-state index is 13.6. The normalized spacial score (nSPS) is 15.4. The van der Waals surface area contributed by atoms with Crippen LogP contribution in [0, 0.1) is 18.8 Å². The van der Waals surface area contributed by atoms with Crippen LogP contribution in [-0.2, 0) is 26.2 Å². The predicted molar refractivity (Wildman–Crippen MR) is 137 cm³/mol. The largest absolute Gasteiger partial charge is 0.343 e. The summed E-state index contributed by atoms with van der Waals surface area (Å²) < 4.78 is 26.7. The van der Waals surface area contributed by atoms with Crippen molar-refractivity contribution in [2.45, 2.75) is 73.4 Å². The van der Waals surface area contributed by atoms with Crippen molar-refractivity contribution in [1.82, 2.24) is 14.1 Å². The Balaban J connectivity index is 2.21. The second kappa shape index (κ2) is 12.7. The lowest BCUT2D eigenvalue weighted by Crippen LogP contribution is -2.51. The minimum atomic E-state index is -3.49. The maximum atomic E-state index is 13.6. The van der Waals surface area contributed by atoms with Gasteiger partial charge in [0.05, 0.1) is 12.3 Å². The van der Waals surface area contributed by atoms with Gasteiger partial charge in [0.25, 0.3) is 0 Å². The fourth-order valence-electron chi connectivity index (χ4n) is 4.32. The molecule has 0 aliphatic carbocycles. The van der Waals surface area contributed by atoms with Crippen LogP contribution in [0.4, 0.5) is 0 Å². The molecule has 0 saturated carbocycles. The van der Waals surface area contributed by atoms with Crippen LogP contribution in [0.3, 0.4) is 0 Å². The van der Waals surface area contributed by atoms with E-state index in [1.807, 2.05) is 68.7 Å². The number of aryl methyl sites for hydroxylation is 1. The predicted octanol–water partition coefficient (Wildman–Crippen LogP) is 3.67. The first-order chi connectivity index (χ1) is 15.9. The number of hydrogen-bond donors (Lipinski definition) is 0. The molecule has 1 aromatic carbocycles. The molecule has 0 atom stereocenters. The van der Waals surface area contributed by atoms with Gasteiger partial charge in [-0.2, -0.15) is 4.31 Å². The minimum Gasteiger partial charge on any atom is -0.343 e. The first kappa shape index (κ1) is 28.3. The fraction of sp³-hybridized carbons (Fsp3) is 0.692. The van der Waals surface area contributed by atoms with Gasteiger partial charge in [-0.15, -0.1) is 0 Å². The molecular weight excluding hydrogens is 450 g/mol. The van der Waals surface area contributed by atoms with E-state index in [1.54, 1.807) is 6.92 Å². The average Bonchev–Trinajstić information content (AvgIpc) is 2.77. The van der Waals surface area contributed by atoms with Crippen molar-refractivity contribution in [3.8, 4) is 0 Å². The summed E-state index contributed by atoms with van der Waals surface area (Å²) in [5.74, 6) is 0.404. The topological polar surface area (TPSA) is 78.0 Å². The van der Waals surface area contributed by atoms with Crippen LogP contribution >= 0.6 is 0 Å². The molecule has 0 N–H and O–H groups in total. The highest BCUT2D eigenvalue weighted by molar-refractivity contribution is 7.89. The van der Waals surface area contributed by atoms with Gasteiger partial charge in [0.15, 0.2) is 0 Å². The van der Waals surface area contributed by atoms with Gasteiger partial charge < -0.3 is 9.80 Å². The molecule has 8 heteroatoms. The zero-order valence-corrected chi connectivity index (χ0v) is 22.6. The van der Waals surface area contributed by atoms with E-state index in [4.69, 9.17) is 0 Å². The van der Waals surface area contributed by atoms with Crippen molar-refractivity contribution in [3.63, 3.8) is 0 Å². The number of benzene rings is 1. The lowest BCUT2D eigenvalue weighted by Gasteiger charge is -2.39. The van der Waals surface area contributed by atoms with Gasteiger partial charge in [0.2, 0.25) is 21.8 Å². The van der Waals surface area contributed by atoms with Crippen molar-refractivity contribution in [2.75, 3.05) is 31.9 Å². The lowest BCUT2D eigenvalue weighted by atomic mass is 10.0. The fourth-order valence-corrected chi connectivity index (χ4v) is 5.52. The number of sulfonamides is 1. The number of rotatable bonds is 11. The summed E-state index contributed by atoms with van der Waals surface area (Å²) in [6.07, 6.45) is 1.94. The van der Waals surface area contributed by atoms with E-state index in [1.165, 1.54) is 4.31 Å². The van der Waals surface area contributed by atoms with Gasteiger partial charge >= 0.3 is 0 Å². The number of piperidine rings is 1. The smallest absolute Gasteiger partial charge is 0.238 e. The molecule has 0 aromatic heterocycles. The number of amides is 2. The highest BCUT2D eigenvalue weighted by atomic mass is 32.2. The Morgan fingerprint density at radius 2 is 1.62 bits per heavy atom. The Labute approximate surface area is 206 Å². The summed E-state index contributed by atoms with van der Waals surface area (Å²) in [6.45, 7) is 13.5. The van der Waals surface area contributed by atoms with E-state index in [9.17, 15) is 18.0 Å². The van der Waals surface area contributed by atoms with Crippen molar-refractivity contribution in [2.24, 2.45) is 11.8 Å². The Bertz CT molecular complexity index is 904. The van der Waals surface area contributed by atoms with Crippen molar-refractivity contribution >= 4 is 21.8 Å². The first-order valence-electron chi connectivity index (χ1n) is 12.5. The SMILES string of the molecule is CCS(=O)(=O)N(CC(=O)N(Cc1ccc(C)cc1)C1CCN(C(=O)CC(C)C)CC1)CC(C)C. The molecule has 7 nitrogen and oxygen atoms in total. The van der Waals surface area contributed by atoms with E-state index >= 15 is 0 Å². The third-order valence-electron chi connectivity index (χ3n) is 6.27. The van der Waals surface area contributed by atoms with Crippen LogP contribution in [0.5, 0.6) is 0 Å². The number of nitrogens with zero attached hydrogens (tertiary/aromatic N) is 3. The Kier molecular flexibility index (Phi) is 10.6. The maximum Gasteiger partial charge on any atom is 0.238 e. The Morgan fingerprint density at radius 1 is 1.03 bits per heavy atom. The highest BCUT2D eigenvalue weighted by Crippen LogP contribution is 2.22. The third-order valence-corrected chi connectivity index (χ3v) is 8.07. The molecule has 2 amide bonds.